The number of carbonyl (C=O) groups is 11. The third-order valence-electron chi connectivity index (χ3n) is 11.4. The van der Waals surface area contributed by atoms with Crippen LogP contribution in [0.1, 0.15) is 56.2 Å². The molecule has 21 N–H and O–H groups in total. The number of thioether (sulfide) groups is 2. The second-order valence-electron chi connectivity index (χ2n) is 17.6. The minimum atomic E-state index is -1.61. The average Bonchev–Trinajstić information content (AvgIpc) is 3.92. The van der Waals surface area contributed by atoms with Gasteiger partial charge in [0.25, 0.3) is 0 Å². The third kappa shape index (κ3) is 26.0. The molecule has 2 aromatic rings. The molecule has 0 spiro atoms. The zero-order valence-electron chi connectivity index (χ0n) is 43.4. The van der Waals surface area contributed by atoms with Crippen LogP contribution in [-0.2, 0) is 65.6 Å². The highest BCUT2D eigenvalue weighted by atomic mass is 32.2. The Bertz CT molecular complexity index is 2400. The lowest BCUT2D eigenvalue weighted by Crippen LogP contribution is -2.61. The van der Waals surface area contributed by atoms with Crippen molar-refractivity contribution in [2.75, 3.05) is 42.1 Å². The number of nitrogens with zero attached hydrogens (tertiary/aromatic N) is 2. The van der Waals surface area contributed by atoms with Gasteiger partial charge in [-0.05, 0) is 73.8 Å². The number of guanidine groups is 1. The van der Waals surface area contributed by atoms with Crippen molar-refractivity contribution in [2.45, 2.75) is 112 Å². The lowest BCUT2D eigenvalue weighted by atomic mass is 10.0. The summed E-state index contributed by atoms with van der Waals surface area (Å²) in [6.07, 6.45) is 3.94. The summed E-state index contributed by atoms with van der Waals surface area (Å²) in [5.41, 5.74) is 28.3. The Labute approximate surface area is 474 Å². The smallest absolute Gasteiger partial charge is 0.327 e. The molecule has 79 heavy (non-hydrogen) atoms. The summed E-state index contributed by atoms with van der Waals surface area (Å²) in [5.74, 6) is -10.9. The molecule has 0 aliphatic heterocycles. The van der Waals surface area contributed by atoms with Crippen LogP contribution in [0.25, 0.3) is 0 Å². The van der Waals surface area contributed by atoms with Gasteiger partial charge in [-0.3, -0.25) is 52.9 Å². The number of carboxylic acids is 1. The van der Waals surface area contributed by atoms with Crippen LogP contribution in [0.4, 0.5) is 0 Å². The van der Waals surface area contributed by atoms with E-state index in [0.29, 0.717) is 17.0 Å². The summed E-state index contributed by atoms with van der Waals surface area (Å²) in [7, 11) is 0. The van der Waals surface area contributed by atoms with Crippen LogP contribution in [0, 0.1) is 0 Å². The first-order valence-electron chi connectivity index (χ1n) is 24.4. The molecule has 0 saturated carbocycles. The van der Waals surface area contributed by atoms with Crippen LogP contribution < -0.4 is 71.2 Å². The molecule has 0 bridgehead atoms. The molecule has 29 nitrogen and oxygen atoms in total. The molecule has 1 aromatic carbocycles. The number of rotatable bonds is 38. The maximum absolute atomic E-state index is 14.5. The van der Waals surface area contributed by atoms with Crippen LogP contribution in [0.5, 0.6) is 5.75 Å². The van der Waals surface area contributed by atoms with E-state index >= 15 is 0 Å². The van der Waals surface area contributed by atoms with Gasteiger partial charge in [-0.2, -0.15) is 48.8 Å². The first-order valence-corrected chi connectivity index (χ1v) is 28.5. The Kier molecular flexibility index (Phi) is 31.3. The molecule has 9 atom stereocenters. The molecule has 0 radical (unpaired) electrons. The Morgan fingerprint density at radius 3 is 1.47 bits per heavy atom. The van der Waals surface area contributed by atoms with Gasteiger partial charge in [0, 0.05) is 49.2 Å². The number of carbonyl (C=O) groups excluding carboxylic acids is 10. The Balaban J connectivity index is 2.60. The molecule has 0 fully saturated rings. The first-order chi connectivity index (χ1) is 37.4. The van der Waals surface area contributed by atoms with Gasteiger partial charge in [0.1, 0.15) is 54.1 Å². The zero-order chi connectivity index (χ0) is 59.2. The number of aromatic amines is 1. The van der Waals surface area contributed by atoms with Crippen LogP contribution >= 0.6 is 48.8 Å². The molecule has 0 aliphatic rings. The predicted molar refractivity (Wildman–Crippen MR) is 301 cm³/mol. The van der Waals surface area contributed by atoms with E-state index in [0.717, 1.165) is 0 Å². The molecule has 1 aromatic heterocycles. The standard InChI is InChI=1S/C46H72N16O13S4/c1-78-14-11-29(40(69)56-28(9-10-35(48)64)39(68)57-30(12-15-79-2)41(70)62-34(21-77)45(74)75)58-42(71)31(16-23-5-7-25(63)8-6-23)60-38(67)27(4-3-13-53-46(50)51)55-43(72)32(17-24-19-52-22-54-24)61-44(73)33(18-36(49)65)59-37(66)26(47)20-76/h5-8,19,22,26-34,63,76-77H,3-4,9-18,20-21,47H2,1-2H3,(H2,48,64)(H2,49,65)(H,52,54)(H,55,72)(H,56,69)(H,57,68)(H,58,71)(H,59,66)(H,60,67)(H,61,73)(H,62,70)(H,74,75)(H4,50,51,53)/t26-,27-,28-,29-,30-,31-,32-,33-,34-/m0/s1. The van der Waals surface area contributed by atoms with Gasteiger partial charge < -0.3 is 86.4 Å². The van der Waals surface area contributed by atoms with Crippen molar-refractivity contribution in [1.82, 2.24) is 52.5 Å². The lowest BCUT2D eigenvalue weighted by molar-refractivity contribution is -0.141. The Morgan fingerprint density at radius 2 is 1.04 bits per heavy atom. The van der Waals surface area contributed by atoms with E-state index in [-0.39, 0.29) is 80.5 Å². The van der Waals surface area contributed by atoms with E-state index in [1.54, 1.807) is 12.5 Å². The van der Waals surface area contributed by atoms with Gasteiger partial charge in [-0.15, -0.1) is 0 Å². The summed E-state index contributed by atoms with van der Waals surface area (Å²) < 4.78 is 0. The molecule has 1 heterocycles. The van der Waals surface area contributed by atoms with Gasteiger partial charge >= 0.3 is 5.97 Å². The minimum Gasteiger partial charge on any atom is -0.508 e. The maximum Gasteiger partial charge on any atom is 0.327 e. The first kappa shape index (κ1) is 68.1. The number of phenols is 1. The summed E-state index contributed by atoms with van der Waals surface area (Å²) in [6, 6.07) is -7.45. The van der Waals surface area contributed by atoms with Crippen molar-refractivity contribution in [3.05, 3.63) is 48.0 Å². The quantitative estimate of drug-likeness (QED) is 0.0129. The van der Waals surface area contributed by atoms with Crippen molar-refractivity contribution in [3.8, 4) is 5.75 Å². The van der Waals surface area contributed by atoms with Gasteiger partial charge in [0.2, 0.25) is 59.1 Å². The fourth-order valence-corrected chi connectivity index (χ4v) is 8.46. The molecular formula is C46H72N16O13S4. The number of imidazole rings is 1. The van der Waals surface area contributed by atoms with Crippen LogP contribution in [0.15, 0.2) is 41.8 Å². The highest BCUT2D eigenvalue weighted by Crippen LogP contribution is 2.14. The number of amides is 10. The maximum atomic E-state index is 14.5. The number of thiol groups is 2. The second-order valence-corrected chi connectivity index (χ2v) is 20.3. The van der Waals surface area contributed by atoms with Crippen LogP contribution in [-0.4, -0.2) is 188 Å². The molecule has 33 heteroatoms. The van der Waals surface area contributed by atoms with E-state index in [4.69, 9.17) is 28.7 Å². The van der Waals surface area contributed by atoms with Crippen molar-refractivity contribution in [3.63, 3.8) is 0 Å². The normalized spacial score (nSPS) is 14.3. The summed E-state index contributed by atoms with van der Waals surface area (Å²) in [5, 5.41) is 39.6. The molecule has 2 rings (SSSR count). The lowest BCUT2D eigenvalue weighted by Gasteiger charge is -2.28. The zero-order valence-corrected chi connectivity index (χ0v) is 46.9. The average molecular weight is 1190 g/mol. The summed E-state index contributed by atoms with van der Waals surface area (Å²) in [4.78, 5) is 157. The van der Waals surface area contributed by atoms with E-state index in [2.05, 4.69) is 82.8 Å². The number of aromatic nitrogens is 2. The van der Waals surface area contributed by atoms with Crippen molar-refractivity contribution in [1.29, 1.82) is 0 Å². The van der Waals surface area contributed by atoms with Crippen LogP contribution in [0.2, 0.25) is 0 Å². The summed E-state index contributed by atoms with van der Waals surface area (Å²) >= 11 is 10.6. The van der Waals surface area contributed by atoms with Gasteiger partial charge in [0.05, 0.1) is 18.8 Å². The fourth-order valence-electron chi connectivity index (χ4n) is 7.10. The number of phenolic OH excluding ortho intramolecular Hbond substituents is 1. The molecule has 0 aliphatic carbocycles. The molecule has 0 saturated heterocycles. The number of aliphatic imine (C=N–C) groups is 1. The number of hydrogen-bond acceptors (Lipinski definition) is 19. The van der Waals surface area contributed by atoms with Gasteiger partial charge in [-0.1, -0.05) is 12.1 Å². The van der Waals surface area contributed by atoms with Crippen molar-refractivity contribution < 1.29 is 63.0 Å². The fraction of sp³-hybridized carbons (Fsp3) is 0.543. The van der Waals surface area contributed by atoms with Crippen molar-refractivity contribution >= 4 is 120 Å². The number of carboxylic acid groups (broad SMARTS) is 1. The Morgan fingerprint density at radius 1 is 0.595 bits per heavy atom. The molecule has 438 valence electrons. The number of nitrogens with one attached hydrogen (secondary N) is 9. The highest BCUT2D eigenvalue weighted by Gasteiger charge is 2.36. The molecule has 10 amide bonds. The Hall–Kier alpha value is -6.97. The molecular weight excluding hydrogens is 1110 g/mol. The topological polar surface area (TPSA) is 496 Å². The summed E-state index contributed by atoms with van der Waals surface area (Å²) in [6.45, 7) is -0.0335. The number of aromatic hydroxyl groups is 1. The van der Waals surface area contributed by atoms with Gasteiger partial charge in [-0.25, -0.2) is 9.78 Å². The number of primary amides is 2. The number of nitrogens with two attached hydrogens (primary N) is 5. The number of benzene rings is 1. The van der Waals surface area contributed by atoms with E-state index in [9.17, 15) is 63.0 Å². The predicted octanol–water partition coefficient (Wildman–Crippen LogP) is -5.25. The largest absolute Gasteiger partial charge is 0.508 e. The second kappa shape index (κ2) is 36.2. The third-order valence-corrected chi connectivity index (χ3v) is 13.4. The molecule has 0 unspecified atom stereocenters. The minimum absolute atomic E-state index is 0.0324. The van der Waals surface area contributed by atoms with Crippen molar-refractivity contribution in [2.24, 2.45) is 33.7 Å². The number of H-pyrrole nitrogens is 1. The number of hydrogen-bond donors (Lipinski definition) is 18. The van der Waals surface area contributed by atoms with Gasteiger partial charge in [0.15, 0.2) is 5.96 Å². The van der Waals surface area contributed by atoms with E-state index in [1.165, 1.54) is 60.3 Å². The van der Waals surface area contributed by atoms with E-state index in [1.807, 2.05) is 0 Å². The van der Waals surface area contributed by atoms with Crippen LogP contribution in [0.3, 0.4) is 0 Å². The SMILES string of the molecule is CSCC[C@H](NC(=O)[C@H](CCC(N)=O)NC(=O)[C@H](CCSC)NC(=O)[C@H](Cc1ccc(O)cc1)NC(=O)[C@H](CCCN=C(N)N)NC(=O)[C@H](Cc1cnc[nH]1)NC(=O)[C@H](CC(N)=O)NC(=O)[C@@H](N)CS)C(=O)N[C@@H](CS)C(=O)O. The highest BCUT2D eigenvalue weighted by molar-refractivity contribution is 7.98. The monoisotopic (exact) mass is 1180 g/mol. The number of aliphatic carboxylic acids is 1. The van der Waals surface area contributed by atoms with E-state index < -0.39 is 132 Å².